The van der Waals surface area contributed by atoms with E-state index in [9.17, 15) is 10.1 Å². The molecule has 0 saturated heterocycles. The van der Waals surface area contributed by atoms with Crippen molar-refractivity contribution in [3.63, 3.8) is 0 Å². The van der Waals surface area contributed by atoms with E-state index in [1.54, 1.807) is 0 Å². The molecular weight excluding hydrogens is 178 g/mol. The number of nitro groups is 1. The van der Waals surface area contributed by atoms with E-state index < -0.39 is 6.04 Å². The summed E-state index contributed by atoms with van der Waals surface area (Å²) in [4.78, 5) is 10.5. The Hall–Kier alpha value is -1.38. The number of benzene rings is 1. The summed E-state index contributed by atoms with van der Waals surface area (Å²) in [6.45, 7) is 3.84. The first kappa shape index (κ1) is 10.7. The Balaban J connectivity index is 2.77. The van der Waals surface area contributed by atoms with Crippen LogP contribution in [-0.2, 0) is 6.42 Å². The second-order valence-electron chi connectivity index (χ2n) is 3.48. The van der Waals surface area contributed by atoms with Crippen LogP contribution in [0.3, 0.4) is 0 Å². The molecule has 0 saturated carbocycles. The maximum absolute atomic E-state index is 10.7. The number of nitrogens with zero attached hydrogens (tertiary/aromatic N) is 1. The molecule has 0 radical (unpaired) electrons. The maximum Gasteiger partial charge on any atom is 0.216 e. The zero-order valence-electron chi connectivity index (χ0n) is 8.56. The molecule has 0 aromatic heterocycles. The molecule has 0 N–H and O–H groups in total. The lowest BCUT2D eigenvalue weighted by Gasteiger charge is -2.08. The van der Waals surface area contributed by atoms with Crippen LogP contribution >= 0.6 is 0 Å². The van der Waals surface area contributed by atoms with Gasteiger partial charge in [0.1, 0.15) is 0 Å². The van der Waals surface area contributed by atoms with Crippen molar-refractivity contribution in [3.05, 3.63) is 45.5 Å². The van der Waals surface area contributed by atoms with Crippen molar-refractivity contribution in [1.82, 2.24) is 0 Å². The van der Waals surface area contributed by atoms with E-state index in [2.05, 4.69) is 0 Å². The van der Waals surface area contributed by atoms with Gasteiger partial charge in [-0.3, -0.25) is 10.1 Å². The molecule has 0 aliphatic heterocycles. The Bertz CT molecular complexity index is 323. The van der Waals surface area contributed by atoms with E-state index in [-0.39, 0.29) is 4.92 Å². The molecule has 0 fully saturated rings. The Kier molecular flexibility index (Phi) is 3.63. The van der Waals surface area contributed by atoms with Gasteiger partial charge in [-0.05, 0) is 18.1 Å². The topological polar surface area (TPSA) is 43.1 Å². The van der Waals surface area contributed by atoms with Gasteiger partial charge in [0, 0.05) is 17.8 Å². The molecule has 76 valence electrons. The fourth-order valence-corrected chi connectivity index (χ4v) is 1.46. The molecule has 1 rings (SSSR count). The summed E-state index contributed by atoms with van der Waals surface area (Å²) in [5, 5.41) is 10.7. The van der Waals surface area contributed by atoms with Crippen molar-refractivity contribution in [2.24, 2.45) is 0 Å². The Morgan fingerprint density at radius 2 is 2.07 bits per heavy atom. The van der Waals surface area contributed by atoms with Crippen LogP contribution in [0, 0.1) is 17.0 Å². The van der Waals surface area contributed by atoms with Gasteiger partial charge in [0.2, 0.25) is 6.04 Å². The van der Waals surface area contributed by atoms with Gasteiger partial charge in [-0.15, -0.1) is 0 Å². The molecule has 14 heavy (non-hydrogen) atoms. The molecule has 0 aliphatic rings. The highest BCUT2D eigenvalue weighted by Crippen LogP contribution is 2.12. The lowest BCUT2D eigenvalue weighted by Crippen LogP contribution is -2.21. The van der Waals surface area contributed by atoms with Gasteiger partial charge in [0.05, 0.1) is 0 Å². The maximum atomic E-state index is 10.7. The molecular formula is C11H15NO2. The van der Waals surface area contributed by atoms with Crippen LogP contribution < -0.4 is 0 Å². The van der Waals surface area contributed by atoms with Crippen molar-refractivity contribution in [2.45, 2.75) is 32.7 Å². The van der Waals surface area contributed by atoms with E-state index in [0.717, 1.165) is 11.1 Å². The van der Waals surface area contributed by atoms with Crippen molar-refractivity contribution < 1.29 is 4.92 Å². The first-order valence-corrected chi connectivity index (χ1v) is 4.83. The van der Waals surface area contributed by atoms with Crippen LogP contribution in [0.15, 0.2) is 24.3 Å². The third kappa shape index (κ3) is 2.55. The van der Waals surface area contributed by atoms with Gasteiger partial charge in [0.15, 0.2) is 0 Å². The van der Waals surface area contributed by atoms with Crippen molar-refractivity contribution in [3.8, 4) is 0 Å². The normalized spacial score (nSPS) is 12.4. The largest absolute Gasteiger partial charge is 0.264 e. The monoisotopic (exact) mass is 193 g/mol. The summed E-state index contributed by atoms with van der Waals surface area (Å²) in [6, 6.07) is 7.38. The van der Waals surface area contributed by atoms with E-state index >= 15 is 0 Å². The van der Waals surface area contributed by atoms with Gasteiger partial charge >= 0.3 is 0 Å². The zero-order valence-corrected chi connectivity index (χ0v) is 8.56. The first-order chi connectivity index (χ1) is 6.65. The smallest absolute Gasteiger partial charge is 0.216 e. The van der Waals surface area contributed by atoms with Gasteiger partial charge in [-0.25, -0.2) is 0 Å². The highest BCUT2D eigenvalue weighted by Gasteiger charge is 2.18. The van der Waals surface area contributed by atoms with Crippen molar-refractivity contribution in [1.29, 1.82) is 0 Å². The molecule has 1 unspecified atom stereocenters. The molecule has 0 amide bonds. The van der Waals surface area contributed by atoms with Crippen LogP contribution in [0.1, 0.15) is 24.5 Å². The minimum Gasteiger partial charge on any atom is -0.264 e. The third-order valence-electron chi connectivity index (χ3n) is 2.49. The van der Waals surface area contributed by atoms with Crippen molar-refractivity contribution in [2.75, 3.05) is 0 Å². The summed E-state index contributed by atoms with van der Waals surface area (Å²) < 4.78 is 0. The number of hydrogen-bond donors (Lipinski definition) is 0. The molecule has 0 heterocycles. The van der Waals surface area contributed by atoms with Crippen LogP contribution in [-0.4, -0.2) is 11.0 Å². The predicted octanol–water partition coefficient (Wildman–Crippen LogP) is 2.59. The second-order valence-corrected chi connectivity index (χ2v) is 3.48. The Labute approximate surface area is 83.9 Å². The van der Waals surface area contributed by atoms with Gasteiger partial charge in [-0.2, -0.15) is 0 Å². The number of hydrogen-bond acceptors (Lipinski definition) is 2. The first-order valence-electron chi connectivity index (χ1n) is 4.83. The molecule has 1 aromatic rings. The molecule has 3 nitrogen and oxygen atoms in total. The highest BCUT2D eigenvalue weighted by atomic mass is 16.6. The average molecular weight is 193 g/mol. The SMILES string of the molecule is CCC(Cc1ccccc1C)[N+](=O)[O-]. The zero-order chi connectivity index (χ0) is 10.6. The quantitative estimate of drug-likeness (QED) is 0.545. The predicted molar refractivity (Wildman–Crippen MR) is 56.0 cm³/mol. The number of aryl methyl sites for hydroxylation is 1. The minimum absolute atomic E-state index is 0.188. The summed E-state index contributed by atoms with van der Waals surface area (Å²) in [5.41, 5.74) is 2.21. The third-order valence-corrected chi connectivity index (χ3v) is 2.49. The lowest BCUT2D eigenvalue weighted by molar-refractivity contribution is -0.522. The average Bonchev–Trinajstić information content (AvgIpc) is 2.16. The summed E-state index contributed by atoms with van der Waals surface area (Å²) >= 11 is 0. The molecule has 1 atom stereocenters. The van der Waals surface area contributed by atoms with Crippen molar-refractivity contribution >= 4 is 0 Å². The summed E-state index contributed by atoms with van der Waals surface area (Å²) in [5.74, 6) is 0. The van der Waals surface area contributed by atoms with E-state index in [0.29, 0.717) is 12.8 Å². The van der Waals surface area contributed by atoms with Gasteiger partial charge in [0.25, 0.3) is 0 Å². The fraction of sp³-hybridized carbons (Fsp3) is 0.455. The molecule has 0 bridgehead atoms. The molecule has 3 heteroatoms. The molecule has 1 aromatic carbocycles. The van der Waals surface area contributed by atoms with Crippen LogP contribution in [0.4, 0.5) is 0 Å². The van der Waals surface area contributed by atoms with E-state index in [1.807, 2.05) is 38.1 Å². The van der Waals surface area contributed by atoms with Gasteiger partial charge < -0.3 is 0 Å². The van der Waals surface area contributed by atoms with Crippen LogP contribution in [0.2, 0.25) is 0 Å². The highest BCUT2D eigenvalue weighted by molar-refractivity contribution is 5.26. The standard InChI is InChI=1S/C11H15NO2/c1-3-11(12(13)14)8-10-7-5-4-6-9(10)2/h4-7,11H,3,8H2,1-2H3. The Morgan fingerprint density at radius 1 is 1.43 bits per heavy atom. The van der Waals surface area contributed by atoms with E-state index in [1.165, 1.54) is 0 Å². The fourth-order valence-electron chi connectivity index (χ4n) is 1.46. The summed E-state index contributed by atoms with van der Waals surface area (Å²) in [7, 11) is 0. The lowest BCUT2D eigenvalue weighted by atomic mass is 10.0. The van der Waals surface area contributed by atoms with Crippen LogP contribution in [0.5, 0.6) is 0 Å². The summed E-state index contributed by atoms with van der Waals surface area (Å²) in [6.07, 6.45) is 1.12. The van der Waals surface area contributed by atoms with Gasteiger partial charge in [-0.1, -0.05) is 31.2 Å². The van der Waals surface area contributed by atoms with E-state index in [4.69, 9.17) is 0 Å². The minimum atomic E-state index is -0.448. The molecule has 0 spiro atoms. The Morgan fingerprint density at radius 3 is 2.57 bits per heavy atom. The van der Waals surface area contributed by atoms with Crippen LogP contribution in [0.25, 0.3) is 0 Å². The number of rotatable bonds is 4. The second kappa shape index (κ2) is 4.74. The molecule has 0 aliphatic carbocycles.